The molecule has 0 aliphatic carbocycles. The zero-order chi connectivity index (χ0) is 17.3. The maximum Gasteiger partial charge on any atom is 0.311 e. The van der Waals surface area contributed by atoms with Gasteiger partial charge in [-0.2, -0.15) is 10.1 Å². The first-order chi connectivity index (χ1) is 11.4. The van der Waals surface area contributed by atoms with Crippen molar-refractivity contribution in [3.05, 3.63) is 57.6 Å². The molecule has 0 spiro atoms. The number of pyridine rings is 1. The zero-order valence-corrected chi connectivity index (χ0v) is 13.3. The smallest absolute Gasteiger partial charge is 0.311 e. The fraction of sp³-hybridized carbons (Fsp3) is 0.286. The second kappa shape index (κ2) is 6.07. The van der Waals surface area contributed by atoms with Gasteiger partial charge in [0.2, 0.25) is 11.7 Å². The molecule has 3 aromatic rings. The molecule has 0 saturated carbocycles. The first-order valence-corrected chi connectivity index (χ1v) is 7.10. The molecular weight excluding hydrogens is 314 g/mol. The molecule has 0 radical (unpaired) electrons. The number of nitrogens with one attached hydrogen (secondary N) is 1. The van der Waals surface area contributed by atoms with E-state index in [1.54, 1.807) is 44.2 Å². The number of anilines is 1. The Morgan fingerprint density at radius 3 is 2.75 bits per heavy atom. The van der Waals surface area contributed by atoms with Crippen molar-refractivity contribution in [2.75, 3.05) is 5.32 Å². The van der Waals surface area contributed by atoms with Crippen molar-refractivity contribution in [2.45, 2.75) is 19.9 Å². The van der Waals surface area contributed by atoms with Gasteiger partial charge >= 0.3 is 5.69 Å². The van der Waals surface area contributed by atoms with Crippen LogP contribution in [0.4, 0.5) is 11.5 Å². The summed E-state index contributed by atoms with van der Waals surface area (Å²) in [4.78, 5) is 19.2. The molecule has 24 heavy (non-hydrogen) atoms. The van der Waals surface area contributed by atoms with Gasteiger partial charge in [0.1, 0.15) is 6.04 Å². The van der Waals surface area contributed by atoms with E-state index in [1.807, 2.05) is 0 Å². The van der Waals surface area contributed by atoms with Crippen molar-refractivity contribution in [2.24, 2.45) is 7.05 Å². The summed E-state index contributed by atoms with van der Waals surface area (Å²) < 4.78 is 6.64. The Kier molecular flexibility index (Phi) is 3.94. The van der Waals surface area contributed by atoms with Crippen LogP contribution >= 0.6 is 0 Å². The molecule has 10 nitrogen and oxygen atoms in total. The van der Waals surface area contributed by atoms with Gasteiger partial charge in [0.25, 0.3) is 0 Å². The van der Waals surface area contributed by atoms with Gasteiger partial charge in [-0.3, -0.25) is 14.8 Å². The number of rotatable bonds is 5. The molecule has 3 heterocycles. The van der Waals surface area contributed by atoms with Crippen molar-refractivity contribution in [3.8, 4) is 0 Å². The quantitative estimate of drug-likeness (QED) is 0.556. The number of hydrogen-bond acceptors (Lipinski definition) is 8. The third-order valence-corrected chi connectivity index (χ3v) is 3.34. The van der Waals surface area contributed by atoms with E-state index in [-0.39, 0.29) is 11.5 Å². The van der Waals surface area contributed by atoms with Gasteiger partial charge in [0.15, 0.2) is 5.82 Å². The maximum atomic E-state index is 11.3. The normalized spacial score (nSPS) is 12.1. The molecule has 1 N–H and O–H groups in total. The molecule has 124 valence electrons. The van der Waals surface area contributed by atoms with E-state index in [9.17, 15) is 10.1 Å². The van der Waals surface area contributed by atoms with Crippen LogP contribution < -0.4 is 5.32 Å². The lowest BCUT2D eigenvalue weighted by atomic mass is 10.1. The third-order valence-electron chi connectivity index (χ3n) is 3.34. The largest absolute Gasteiger partial charge is 0.350 e. The summed E-state index contributed by atoms with van der Waals surface area (Å²) in [7, 11) is 1.77. The van der Waals surface area contributed by atoms with E-state index >= 15 is 0 Å². The van der Waals surface area contributed by atoms with Gasteiger partial charge in [-0.1, -0.05) is 5.16 Å². The van der Waals surface area contributed by atoms with Crippen molar-refractivity contribution >= 4 is 11.5 Å². The second-order valence-electron chi connectivity index (χ2n) is 5.33. The van der Waals surface area contributed by atoms with Gasteiger partial charge in [0, 0.05) is 38.0 Å². The second-order valence-corrected chi connectivity index (χ2v) is 5.33. The highest BCUT2D eigenvalue weighted by molar-refractivity contribution is 5.58. The lowest BCUT2D eigenvalue weighted by molar-refractivity contribution is -0.384. The molecule has 0 aliphatic rings. The molecule has 3 aromatic heterocycles. The van der Waals surface area contributed by atoms with E-state index in [0.717, 1.165) is 5.56 Å². The number of aromatic nitrogens is 5. The molecule has 1 unspecified atom stereocenters. The Balaban J connectivity index is 2.03. The fourth-order valence-electron chi connectivity index (χ4n) is 2.26. The van der Waals surface area contributed by atoms with E-state index in [2.05, 4.69) is 25.5 Å². The minimum atomic E-state index is -0.579. The molecule has 0 aliphatic heterocycles. The van der Waals surface area contributed by atoms with Crippen molar-refractivity contribution in [3.63, 3.8) is 0 Å². The molecule has 0 fully saturated rings. The molecule has 0 bridgehead atoms. The fourth-order valence-corrected chi connectivity index (χ4v) is 2.26. The van der Waals surface area contributed by atoms with Gasteiger partial charge < -0.3 is 9.84 Å². The molecule has 1 atom stereocenters. The minimum Gasteiger partial charge on any atom is -0.350 e. The van der Waals surface area contributed by atoms with Gasteiger partial charge in [-0.05, 0) is 12.5 Å². The average Bonchev–Trinajstić information content (AvgIpc) is 3.14. The van der Waals surface area contributed by atoms with Crippen molar-refractivity contribution in [1.82, 2.24) is 24.9 Å². The molecule has 0 amide bonds. The van der Waals surface area contributed by atoms with Crippen LogP contribution in [0.15, 0.2) is 29.2 Å². The Morgan fingerprint density at radius 1 is 1.38 bits per heavy atom. The van der Waals surface area contributed by atoms with Crippen LogP contribution in [0, 0.1) is 24.0 Å². The topological polar surface area (TPSA) is 125 Å². The van der Waals surface area contributed by atoms with Gasteiger partial charge in [0.05, 0.1) is 11.1 Å². The van der Waals surface area contributed by atoms with E-state index in [0.29, 0.717) is 17.3 Å². The molecule has 3 rings (SSSR count). The summed E-state index contributed by atoms with van der Waals surface area (Å²) in [5.41, 5.74) is 1.31. The van der Waals surface area contributed by atoms with Crippen molar-refractivity contribution < 1.29 is 9.45 Å². The number of nitro groups is 1. The number of aryl methyl sites for hydroxylation is 3. The summed E-state index contributed by atoms with van der Waals surface area (Å²) >= 11 is 0. The highest BCUT2D eigenvalue weighted by Crippen LogP contribution is 2.29. The maximum absolute atomic E-state index is 11.3. The SMILES string of the molecule is Cc1cnc(NC(c2cnn(C)c2)c2noc(C)n2)c([N+](=O)[O-])c1. The average molecular weight is 329 g/mol. The molecule has 0 saturated heterocycles. The van der Waals surface area contributed by atoms with Crippen LogP contribution in [0.5, 0.6) is 0 Å². The first-order valence-electron chi connectivity index (χ1n) is 7.10. The summed E-state index contributed by atoms with van der Waals surface area (Å²) in [5.74, 6) is 0.867. The monoisotopic (exact) mass is 329 g/mol. The number of nitrogens with zero attached hydrogens (tertiary/aromatic N) is 6. The predicted molar refractivity (Wildman–Crippen MR) is 83.3 cm³/mol. The third kappa shape index (κ3) is 3.07. The lowest BCUT2D eigenvalue weighted by Gasteiger charge is -2.14. The van der Waals surface area contributed by atoms with Crippen LogP contribution in [-0.4, -0.2) is 29.8 Å². The minimum absolute atomic E-state index is 0.121. The molecular formula is C14H15N7O3. The standard InChI is InChI=1S/C14H15N7O3/c1-8-4-11(21(22)23)13(15-5-8)18-12(10-6-16-20(3)7-10)14-17-9(2)24-19-14/h4-7,12H,1-3H3,(H,15,18). The first kappa shape index (κ1) is 15.6. The van der Waals surface area contributed by atoms with Crippen LogP contribution in [-0.2, 0) is 7.05 Å². The summed E-state index contributed by atoms with van der Waals surface area (Å²) in [6.45, 7) is 3.41. The van der Waals surface area contributed by atoms with Gasteiger partial charge in [-0.15, -0.1) is 0 Å². The predicted octanol–water partition coefficient (Wildman–Crippen LogP) is 1.92. The Labute approximate surface area is 136 Å². The highest BCUT2D eigenvalue weighted by atomic mass is 16.6. The Hall–Kier alpha value is -3.30. The van der Waals surface area contributed by atoms with Crippen LogP contribution in [0.2, 0.25) is 0 Å². The lowest BCUT2D eigenvalue weighted by Crippen LogP contribution is -2.15. The van der Waals surface area contributed by atoms with Crippen LogP contribution in [0.3, 0.4) is 0 Å². The summed E-state index contributed by atoms with van der Waals surface area (Å²) in [6.07, 6.45) is 4.95. The van der Waals surface area contributed by atoms with Crippen molar-refractivity contribution in [1.29, 1.82) is 0 Å². The van der Waals surface area contributed by atoms with E-state index in [4.69, 9.17) is 4.52 Å². The van der Waals surface area contributed by atoms with Crippen LogP contribution in [0.1, 0.15) is 28.9 Å². The highest BCUT2D eigenvalue weighted by Gasteiger charge is 2.25. The molecule has 0 aromatic carbocycles. The molecule has 10 heteroatoms. The van der Waals surface area contributed by atoms with Crippen LogP contribution in [0.25, 0.3) is 0 Å². The summed E-state index contributed by atoms with van der Waals surface area (Å²) in [6, 6.07) is 0.877. The van der Waals surface area contributed by atoms with E-state index in [1.165, 1.54) is 6.07 Å². The van der Waals surface area contributed by atoms with E-state index < -0.39 is 11.0 Å². The Morgan fingerprint density at radius 2 is 2.17 bits per heavy atom. The van der Waals surface area contributed by atoms with Gasteiger partial charge in [-0.25, -0.2) is 4.98 Å². The summed E-state index contributed by atoms with van der Waals surface area (Å²) in [5, 5.41) is 22.3. The Bertz CT molecular complexity index is 846. The number of hydrogen-bond donors (Lipinski definition) is 1. The zero-order valence-electron chi connectivity index (χ0n) is 13.3.